The van der Waals surface area contributed by atoms with Gasteiger partial charge in [0.05, 0.1) is 0 Å². The summed E-state index contributed by atoms with van der Waals surface area (Å²) in [4.78, 5) is 0. The Morgan fingerprint density at radius 1 is 1.40 bits per heavy atom. The van der Waals surface area contributed by atoms with E-state index in [4.69, 9.17) is 33.4 Å². The molecule has 2 N–H and O–H groups in total. The lowest BCUT2D eigenvalue weighted by Crippen LogP contribution is -1.91. The van der Waals surface area contributed by atoms with Crippen LogP contribution in [0.1, 0.15) is 25.3 Å². The number of rotatable bonds is 2. The lowest BCUT2D eigenvalue weighted by atomic mass is 10.2. The van der Waals surface area contributed by atoms with E-state index in [0.717, 1.165) is 12.0 Å². The molecule has 4 heteroatoms. The second kappa shape index (κ2) is 7.80. The highest BCUT2D eigenvalue weighted by atomic mass is 35.5. The van der Waals surface area contributed by atoms with Gasteiger partial charge in [-0.15, -0.1) is 0 Å². The van der Waals surface area contributed by atoms with Crippen LogP contribution in [0.15, 0.2) is 18.2 Å². The fourth-order valence-electron chi connectivity index (χ4n) is 0.867. The fraction of sp³-hybridized carbons (Fsp3) is 0.455. The van der Waals surface area contributed by atoms with Gasteiger partial charge >= 0.3 is 0 Å². The number of hydrogen-bond donors (Lipinski definition) is 2. The van der Waals surface area contributed by atoms with E-state index in [1.807, 2.05) is 13.8 Å². The van der Waals surface area contributed by atoms with Crippen molar-refractivity contribution in [3.63, 3.8) is 0 Å². The molecule has 1 atom stereocenters. The fourth-order valence-corrected chi connectivity index (χ4v) is 1.20. The summed E-state index contributed by atoms with van der Waals surface area (Å²) >= 11 is 10.8. The molecule has 0 aliphatic heterocycles. The molecule has 1 aromatic carbocycles. The first-order valence-corrected chi connectivity index (χ1v) is 5.56. The van der Waals surface area contributed by atoms with Gasteiger partial charge in [-0.25, -0.2) is 0 Å². The van der Waals surface area contributed by atoms with Crippen molar-refractivity contribution in [3.8, 4) is 5.75 Å². The molecule has 0 heterocycles. The van der Waals surface area contributed by atoms with E-state index in [0.29, 0.717) is 11.4 Å². The minimum Gasteiger partial charge on any atom is -0.508 e. The van der Waals surface area contributed by atoms with Crippen molar-refractivity contribution in [2.24, 2.45) is 0 Å². The van der Waals surface area contributed by atoms with Gasteiger partial charge in [0, 0.05) is 5.02 Å². The lowest BCUT2D eigenvalue weighted by Gasteiger charge is -1.95. The molecule has 2 nitrogen and oxygen atoms in total. The van der Waals surface area contributed by atoms with Crippen LogP contribution < -0.4 is 0 Å². The van der Waals surface area contributed by atoms with E-state index in [-0.39, 0.29) is 5.75 Å². The van der Waals surface area contributed by atoms with E-state index < -0.39 is 5.56 Å². The summed E-state index contributed by atoms with van der Waals surface area (Å²) in [5.74, 6) is 0.261. The Morgan fingerprint density at radius 3 is 2.27 bits per heavy atom. The highest BCUT2D eigenvalue weighted by Crippen LogP contribution is 2.19. The minimum absolute atomic E-state index is 0.261. The third kappa shape index (κ3) is 7.48. The molecule has 0 saturated carbocycles. The van der Waals surface area contributed by atoms with Crippen molar-refractivity contribution in [2.45, 2.75) is 32.3 Å². The zero-order valence-corrected chi connectivity index (χ0v) is 10.4. The van der Waals surface area contributed by atoms with Gasteiger partial charge in [0.1, 0.15) is 11.3 Å². The molecule has 1 unspecified atom stereocenters. The summed E-state index contributed by atoms with van der Waals surface area (Å²) in [6.45, 7) is 3.83. The van der Waals surface area contributed by atoms with Crippen molar-refractivity contribution >= 4 is 23.2 Å². The summed E-state index contributed by atoms with van der Waals surface area (Å²) in [5, 5.41) is 17.9. The van der Waals surface area contributed by atoms with Gasteiger partial charge in [0.25, 0.3) is 0 Å². The topological polar surface area (TPSA) is 40.5 Å². The Labute approximate surface area is 100 Å². The summed E-state index contributed by atoms with van der Waals surface area (Å²) in [7, 11) is 0. The minimum atomic E-state index is -0.630. The normalized spacial score (nSPS) is 11.5. The molecule has 0 aliphatic rings. The number of aliphatic hydroxyl groups excluding tert-OH is 1. The van der Waals surface area contributed by atoms with Gasteiger partial charge < -0.3 is 10.2 Å². The Kier molecular flexibility index (Phi) is 7.57. The predicted molar refractivity (Wildman–Crippen MR) is 64.6 cm³/mol. The third-order valence-electron chi connectivity index (χ3n) is 1.67. The molecule has 0 saturated heterocycles. The number of halogens is 2. The Hall–Kier alpha value is -0.440. The number of aryl methyl sites for hydroxylation is 1. The van der Waals surface area contributed by atoms with Gasteiger partial charge in [-0.2, -0.15) is 0 Å². The van der Waals surface area contributed by atoms with Crippen molar-refractivity contribution < 1.29 is 10.2 Å². The molecule has 15 heavy (non-hydrogen) atoms. The lowest BCUT2D eigenvalue weighted by molar-refractivity contribution is 0.244. The molecule has 0 amide bonds. The molecule has 0 aromatic heterocycles. The highest BCUT2D eigenvalue weighted by molar-refractivity contribution is 6.31. The standard InChI is InChI=1S/C7H7ClO.C4H9ClO/c1-5-4-6(9)2-3-7(5)8;1-2-3-4(5)6/h2-4,9H,1H3;4,6H,2-3H2,1H3. The molecule has 0 aliphatic carbocycles. The van der Waals surface area contributed by atoms with Crippen LogP contribution in [0, 0.1) is 6.92 Å². The van der Waals surface area contributed by atoms with Crippen LogP contribution in [0.3, 0.4) is 0 Å². The van der Waals surface area contributed by atoms with Crippen LogP contribution in [0.5, 0.6) is 5.75 Å². The summed E-state index contributed by atoms with van der Waals surface area (Å²) in [6, 6.07) is 4.86. The first-order valence-electron chi connectivity index (χ1n) is 4.74. The maximum absolute atomic E-state index is 8.88. The Balaban J connectivity index is 0.000000288. The van der Waals surface area contributed by atoms with E-state index in [1.54, 1.807) is 18.2 Å². The monoisotopic (exact) mass is 250 g/mol. The Morgan fingerprint density at radius 2 is 2.00 bits per heavy atom. The summed E-state index contributed by atoms with van der Waals surface area (Å²) < 4.78 is 0. The molecule has 86 valence electrons. The molecule has 0 spiro atoms. The SMILES string of the molecule is CCCC(O)Cl.Cc1cc(O)ccc1Cl. The zero-order chi connectivity index (χ0) is 11.8. The second-order valence-electron chi connectivity index (χ2n) is 3.16. The summed E-state index contributed by atoms with van der Waals surface area (Å²) in [5.41, 5.74) is 0.270. The quantitative estimate of drug-likeness (QED) is 0.787. The van der Waals surface area contributed by atoms with Crippen LogP contribution in [-0.4, -0.2) is 15.8 Å². The highest BCUT2D eigenvalue weighted by Gasteiger charge is 1.93. The van der Waals surface area contributed by atoms with Gasteiger partial charge in [0.15, 0.2) is 0 Å². The molecule has 1 rings (SSSR count). The van der Waals surface area contributed by atoms with E-state index in [9.17, 15) is 0 Å². The van der Waals surface area contributed by atoms with Crippen LogP contribution in [0.2, 0.25) is 5.02 Å². The molecule has 0 bridgehead atoms. The van der Waals surface area contributed by atoms with Crippen molar-refractivity contribution in [2.75, 3.05) is 0 Å². The molecular formula is C11H16Cl2O2. The molecule has 0 radical (unpaired) electrons. The van der Waals surface area contributed by atoms with Crippen LogP contribution in [-0.2, 0) is 0 Å². The smallest absolute Gasteiger partial charge is 0.128 e. The van der Waals surface area contributed by atoms with Crippen LogP contribution in [0.25, 0.3) is 0 Å². The first kappa shape index (κ1) is 14.6. The number of phenols is 1. The maximum atomic E-state index is 8.88. The number of benzene rings is 1. The second-order valence-corrected chi connectivity index (χ2v) is 4.07. The maximum Gasteiger partial charge on any atom is 0.128 e. The van der Waals surface area contributed by atoms with Crippen molar-refractivity contribution in [3.05, 3.63) is 28.8 Å². The zero-order valence-electron chi connectivity index (χ0n) is 8.87. The third-order valence-corrected chi connectivity index (χ3v) is 2.31. The first-order chi connectivity index (χ1) is 6.97. The van der Waals surface area contributed by atoms with E-state index >= 15 is 0 Å². The number of phenolic OH excluding ortho intramolecular Hbond substituents is 1. The molecule has 0 fully saturated rings. The average molecular weight is 251 g/mol. The van der Waals surface area contributed by atoms with Gasteiger partial charge in [0.2, 0.25) is 0 Å². The van der Waals surface area contributed by atoms with E-state index in [1.165, 1.54) is 0 Å². The van der Waals surface area contributed by atoms with Crippen LogP contribution >= 0.6 is 23.2 Å². The number of aromatic hydroxyl groups is 1. The largest absolute Gasteiger partial charge is 0.508 e. The predicted octanol–water partition coefficient (Wildman–Crippen LogP) is 3.70. The van der Waals surface area contributed by atoms with Gasteiger partial charge in [-0.05, 0) is 37.1 Å². The summed E-state index contributed by atoms with van der Waals surface area (Å²) in [6.07, 6.45) is 1.65. The Bertz CT molecular complexity index is 288. The van der Waals surface area contributed by atoms with Crippen molar-refractivity contribution in [1.29, 1.82) is 0 Å². The van der Waals surface area contributed by atoms with Gasteiger partial charge in [-0.1, -0.05) is 36.5 Å². The van der Waals surface area contributed by atoms with Crippen molar-refractivity contribution in [1.82, 2.24) is 0 Å². The molecule has 1 aromatic rings. The average Bonchev–Trinajstić information content (AvgIpc) is 2.13. The number of aliphatic hydroxyl groups is 1. The number of hydrogen-bond acceptors (Lipinski definition) is 2. The number of alkyl halides is 1. The van der Waals surface area contributed by atoms with Crippen LogP contribution in [0.4, 0.5) is 0 Å². The van der Waals surface area contributed by atoms with E-state index in [2.05, 4.69) is 0 Å². The molecular weight excluding hydrogens is 235 g/mol. The van der Waals surface area contributed by atoms with Gasteiger partial charge in [-0.3, -0.25) is 0 Å².